The smallest absolute Gasteiger partial charge is 0.264 e. The van der Waals surface area contributed by atoms with Gasteiger partial charge in [0.05, 0.1) is 17.2 Å². The number of ether oxygens (including phenoxy) is 1. The third kappa shape index (κ3) is 7.35. The SMILES string of the molecule is CCNC(=O)C(C)N(Cc1ccc(Br)cc1)C(=O)CN(c1ccccc1)S(=O)(=O)c1ccc(OCC)cc1. The Morgan fingerprint density at radius 1 is 0.947 bits per heavy atom. The summed E-state index contributed by atoms with van der Waals surface area (Å²) in [6.07, 6.45) is 0. The number of hydrogen-bond acceptors (Lipinski definition) is 5. The summed E-state index contributed by atoms with van der Waals surface area (Å²) in [4.78, 5) is 27.9. The highest BCUT2D eigenvalue weighted by Gasteiger charge is 2.32. The average Bonchev–Trinajstić information content (AvgIpc) is 2.92. The Morgan fingerprint density at radius 2 is 1.58 bits per heavy atom. The van der Waals surface area contributed by atoms with Crippen molar-refractivity contribution in [2.75, 3.05) is 24.0 Å². The molecule has 0 spiro atoms. The highest BCUT2D eigenvalue weighted by atomic mass is 79.9. The number of amides is 2. The van der Waals surface area contributed by atoms with Crippen LogP contribution in [0.5, 0.6) is 5.75 Å². The van der Waals surface area contributed by atoms with Crippen molar-refractivity contribution >= 4 is 43.5 Å². The number of nitrogens with zero attached hydrogens (tertiary/aromatic N) is 2. The summed E-state index contributed by atoms with van der Waals surface area (Å²) >= 11 is 3.40. The molecule has 0 saturated carbocycles. The first-order valence-electron chi connectivity index (χ1n) is 12.3. The Hall–Kier alpha value is -3.37. The number of halogens is 1. The monoisotopic (exact) mass is 601 g/mol. The van der Waals surface area contributed by atoms with Gasteiger partial charge in [-0.15, -0.1) is 0 Å². The highest BCUT2D eigenvalue weighted by Crippen LogP contribution is 2.26. The topological polar surface area (TPSA) is 96.0 Å². The maximum absolute atomic E-state index is 13.8. The van der Waals surface area contributed by atoms with Gasteiger partial charge in [0, 0.05) is 17.6 Å². The van der Waals surface area contributed by atoms with E-state index in [-0.39, 0.29) is 17.3 Å². The molecule has 0 aromatic heterocycles. The van der Waals surface area contributed by atoms with Crippen LogP contribution in [0.2, 0.25) is 0 Å². The number of nitrogens with one attached hydrogen (secondary N) is 1. The first-order chi connectivity index (χ1) is 18.2. The zero-order valence-electron chi connectivity index (χ0n) is 21.6. The molecule has 3 aromatic rings. The van der Waals surface area contributed by atoms with Crippen molar-refractivity contribution in [1.82, 2.24) is 10.2 Å². The summed E-state index contributed by atoms with van der Waals surface area (Å²) in [6.45, 7) is 5.78. The van der Waals surface area contributed by atoms with E-state index in [1.54, 1.807) is 56.3 Å². The molecule has 202 valence electrons. The van der Waals surface area contributed by atoms with Crippen LogP contribution in [0.3, 0.4) is 0 Å². The minimum atomic E-state index is -4.13. The number of rotatable bonds is 12. The van der Waals surface area contributed by atoms with E-state index in [1.807, 2.05) is 31.2 Å². The van der Waals surface area contributed by atoms with Gasteiger partial charge in [-0.2, -0.15) is 0 Å². The van der Waals surface area contributed by atoms with Gasteiger partial charge in [0.2, 0.25) is 11.8 Å². The number of para-hydroxylation sites is 1. The predicted molar refractivity (Wildman–Crippen MR) is 151 cm³/mol. The molecular formula is C28H32BrN3O5S. The third-order valence-electron chi connectivity index (χ3n) is 5.83. The fourth-order valence-corrected chi connectivity index (χ4v) is 5.49. The van der Waals surface area contributed by atoms with E-state index in [4.69, 9.17) is 4.74 Å². The van der Waals surface area contributed by atoms with Crippen LogP contribution in [0.25, 0.3) is 0 Å². The van der Waals surface area contributed by atoms with Gasteiger partial charge in [-0.05, 0) is 74.9 Å². The molecular weight excluding hydrogens is 570 g/mol. The van der Waals surface area contributed by atoms with Crippen molar-refractivity contribution < 1.29 is 22.7 Å². The molecule has 8 nitrogen and oxygen atoms in total. The van der Waals surface area contributed by atoms with Gasteiger partial charge in [0.25, 0.3) is 10.0 Å². The zero-order chi connectivity index (χ0) is 27.7. The number of likely N-dealkylation sites (N-methyl/N-ethyl adjacent to an activating group) is 1. The molecule has 0 heterocycles. The van der Waals surface area contributed by atoms with Gasteiger partial charge >= 0.3 is 0 Å². The Bertz CT molecular complexity index is 1320. The molecule has 0 aliphatic carbocycles. The number of anilines is 1. The first-order valence-corrected chi connectivity index (χ1v) is 14.5. The van der Waals surface area contributed by atoms with Gasteiger partial charge in [0.15, 0.2) is 0 Å². The molecule has 0 saturated heterocycles. The molecule has 1 atom stereocenters. The largest absolute Gasteiger partial charge is 0.494 e. The average molecular weight is 603 g/mol. The van der Waals surface area contributed by atoms with Crippen molar-refractivity contribution in [2.45, 2.75) is 38.3 Å². The molecule has 3 rings (SSSR count). The second kappa shape index (κ2) is 13.4. The lowest BCUT2D eigenvalue weighted by Crippen LogP contribution is -2.51. The van der Waals surface area contributed by atoms with Crippen molar-refractivity contribution in [2.24, 2.45) is 0 Å². The van der Waals surface area contributed by atoms with Crippen molar-refractivity contribution in [3.63, 3.8) is 0 Å². The number of carbonyl (C=O) groups is 2. The maximum Gasteiger partial charge on any atom is 0.264 e. The standard InChI is InChI=1S/C28H32BrN3O5S/c1-4-30-28(34)21(3)31(19-22-11-13-23(29)14-12-22)27(33)20-32(24-9-7-6-8-10-24)38(35,36)26-17-15-25(16-18-26)37-5-2/h6-18,21H,4-5,19-20H2,1-3H3,(H,30,34). The Morgan fingerprint density at radius 3 is 2.16 bits per heavy atom. The van der Waals surface area contributed by atoms with Gasteiger partial charge < -0.3 is 15.0 Å². The van der Waals surface area contributed by atoms with Crippen LogP contribution < -0.4 is 14.4 Å². The molecule has 0 aliphatic heterocycles. The Kier molecular flexibility index (Phi) is 10.3. The van der Waals surface area contributed by atoms with Crippen LogP contribution in [-0.2, 0) is 26.2 Å². The van der Waals surface area contributed by atoms with Crippen LogP contribution in [0.4, 0.5) is 5.69 Å². The molecule has 2 amide bonds. The number of benzene rings is 3. The molecule has 0 fully saturated rings. The van der Waals surface area contributed by atoms with E-state index in [9.17, 15) is 18.0 Å². The van der Waals surface area contributed by atoms with E-state index in [0.717, 1.165) is 14.3 Å². The van der Waals surface area contributed by atoms with Gasteiger partial charge in [-0.3, -0.25) is 13.9 Å². The Labute approximate surface area is 232 Å². The summed E-state index contributed by atoms with van der Waals surface area (Å²) in [5.41, 5.74) is 1.14. The summed E-state index contributed by atoms with van der Waals surface area (Å²) in [5.74, 6) is -0.283. The van der Waals surface area contributed by atoms with E-state index in [1.165, 1.54) is 17.0 Å². The van der Waals surface area contributed by atoms with Crippen molar-refractivity contribution in [3.8, 4) is 5.75 Å². The lowest BCUT2D eigenvalue weighted by atomic mass is 10.1. The molecule has 0 aliphatic rings. The van der Waals surface area contributed by atoms with Gasteiger partial charge in [-0.25, -0.2) is 8.42 Å². The molecule has 1 N–H and O–H groups in total. The first kappa shape index (κ1) is 29.2. The van der Waals surface area contributed by atoms with Crippen molar-refractivity contribution in [3.05, 3.63) is 88.9 Å². The second-order valence-electron chi connectivity index (χ2n) is 8.47. The summed E-state index contributed by atoms with van der Waals surface area (Å²) in [5, 5.41) is 2.75. The normalized spacial score (nSPS) is 11.9. The summed E-state index contributed by atoms with van der Waals surface area (Å²) in [7, 11) is -4.13. The summed E-state index contributed by atoms with van der Waals surface area (Å²) in [6, 6.07) is 21.1. The minimum absolute atomic E-state index is 0.0221. The summed E-state index contributed by atoms with van der Waals surface area (Å²) < 4.78 is 35.0. The molecule has 0 bridgehead atoms. The van der Waals surface area contributed by atoms with Crippen molar-refractivity contribution in [1.29, 1.82) is 0 Å². The molecule has 1 unspecified atom stereocenters. The van der Waals surface area contributed by atoms with Gasteiger partial charge in [-0.1, -0.05) is 46.3 Å². The van der Waals surface area contributed by atoms with Crippen LogP contribution in [0.1, 0.15) is 26.3 Å². The second-order valence-corrected chi connectivity index (χ2v) is 11.2. The van der Waals surface area contributed by atoms with E-state index in [2.05, 4.69) is 21.2 Å². The number of hydrogen-bond donors (Lipinski definition) is 1. The van der Waals surface area contributed by atoms with Crippen LogP contribution >= 0.6 is 15.9 Å². The lowest BCUT2D eigenvalue weighted by Gasteiger charge is -2.32. The van der Waals surface area contributed by atoms with Crippen LogP contribution in [0.15, 0.2) is 88.2 Å². The third-order valence-corrected chi connectivity index (χ3v) is 8.15. The maximum atomic E-state index is 13.8. The zero-order valence-corrected chi connectivity index (χ0v) is 24.0. The van der Waals surface area contributed by atoms with Crippen LogP contribution in [-0.4, -0.2) is 50.9 Å². The predicted octanol–water partition coefficient (Wildman–Crippen LogP) is 4.60. The van der Waals surface area contributed by atoms with Gasteiger partial charge in [0.1, 0.15) is 18.3 Å². The quantitative estimate of drug-likeness (QED) is 0.327. The fraction of sp³-hybridized carbons (Fsp3) is 0.286. The lowest BCUT2D eigenvalue weighted by molar-refractivity contribution is -0.139. The Balaban J connectivity index is 1.98. The molecule has 10 heteroatoms. The highest BCUT2D eigenvalue weighted by molar-refractivity contribution is 9.10. The van der Waals surface area contributed by atoms with Crippen LogP contribution in [0, 0.1) is 0 Å². The fourth-order valence-electron chi connectivity index (χ4n) is 3.82. The molecule has 38 heavy (non-hydrogen) atoms. The number of carbonyl (C=O) groups excluding carboxylic acids is 2. The van der Waals surface area contributed by atoms with E-state index in [0.29, 0.717) is 24.6 Å². The minimum Gasteiger partial charge on any atom is -0.494 e. The molecule has 3 aromatic carbocycles. The number of sulfonamides is 1. The van der Waals surface area contributed by atoms with E-state index < -0.39 is 28.5 Å². The molecule has 0 radical (unpaired) electrons. The van der Waals surface area contributed by atoms with E-state index >= 15 is 0 Å².